The molecule has 2 rings (SSSR count). The van der Waals surface area contributed by atoms with Crippen molar-refractivity contribution in [2.75, 3.05) is 6.54 Å². The van der Waals surface area contributed by atoms with Gasteiger partial charge in [-0.05, 0) is 25.8 Å². The summed E-state index contributed by atoms with van der Waals surface area (Å²) in [6.07, 6.45) is 0.936. The van der Waals surface area contributed by atoms with Crippen LogP contribution in [0.3, 0.4) is 0 Å². The lowest BCUT2D eigenvalue weighted by Crippen LogP contribution is -2.35. The topological polar surface area (TPSA) is 72.4 Å². The van der Waals surface area contributed by atoms with Gasteiger partial charge in [0.15, 0.2) is 0 Å². The molecule has 0 radical (unpaired) electrons. The zero-order chi connectivity index (χ0) is 13.3. The van der Waals surface area contributed by atoms with Crippen LogP contribution in [-0.2, 0) is 0 Å². The van der Waals surface area contributed by atoms with E-state index in [1.165, 1.54) is 6.07 Å². The van der Waals surface area contributed by atoms with Crippen molar-refractivity contribution >= 4 is 5.69 Å². The molecule has 1 heterocycles. The molecule has 18 heavy (non-hydrogen) atoms. The molecule has 0 aromatic heterocycles. The largest absolute Gasteiger partial charge is 0.326 e. The predicted octanol–water partition coefficient (Wildman–Crippen LogP) is 2.08. The molecule has 1 aliphatic heterocycles. The van der Waals surface area contributed by atoms with Crippen molar-refractivity contribution in [3.05, 3.63) is 39.9 Å². The number of nitrogens with zero attached hydrogens (tertiary/aromatic N) is 2. The third-order valence-corrected chi connectivity index (χ3v) is 3.57. The number of nitro benzene ring substituents is 1. The molecule has 1 aromatic rings. The van der Waals surface area contributed by atoms with E-state index in [0.29, 0.717) is 6.04 Å². The van der Waals surface area contributed by atoms with Gasteiger partial charge in [-0.1, -0.05) is 12.1 Å². The maximum Gasteiger partial charge on any atom is 0.269 e. The summed E-state index contributed by atoms with van der Waals surface area (Å²) in [6.45, 7) is 5.21. The summed E-state index contributed by atoms with van der Waals surface area (Å²) in [5.41, 5.74) is 7.24. The fourth-order valence-corrected chi connectivity index (χ4v) is 2.68. The van der Waals surface area contributed by atoms with Crippen molar-refractivity contribution in [2.45, 2.75) is 38.4 Å². The Kier molecular flexibility index (Phi) is 3.63. The highest BCUT2D eigenvalue weighted by Gasteiger charge is 2.34. The van der Waals surface area contributed by atoms with Gasteiger partial charge in [0.1, 0.15) is 0 Å². The van der Waals surface area contributed by atoms with Crippen LogP contribution in [0.1, 0.15) is 31.9 Å². The van der Waals surface area contributed by atoms with Gasteiger partial charge in [-0.3, -0.25) is 15.0 Å². The fourth-order valence-electron chi connectivity index (χ4n) is 2.68. The first-order chi connectivity index (χ1) is 8.50. The van der Waals surface area contributed by atoms with Gasteiger partial charge in [0, 0.05) is 30.8 Å². The average molecular weight is 249 g/mol. The second kappa shape index (κ2) is 5.04. The molecule has 0 aliphatic carbocycles. The predicted molar refractivity (Wildman–Crippen MR) is 70.3 cm³/mol. The van der Waals surface area contributed by atoms with Crippen molar-refractivity contribution in [1.29, 1.82) is 0 Å². The molecule has 0 bridgehead atoms. The van der Waals surface area contributed by atoms with E-state index in [1.807, 2.05) is 6.07 Å². The van der Waals surface area contributed by atoms with Crippen LogP contribution >= 0.6 is 0 Å². The van der Waals surface area contributed by atoms with Gasteiger partial charge in [-0.2, -0.15) is 0 Å². The van der Waals surface area contributed by atoms with Crippen molar-refractivity contribution in [3.63, 3.8) is 0 Å². The first-order valence-corrected chi connectivity index (χ1v) is 6.26. The highest BCUT2D eigenvalue weighted by Crippen LogP contribution is 2.34. The van der Waals surface area contributed by atoms with Crippen LogP contribution in [-0.4, -0.2) is 28.5 Å². The quantitative estimate of drug-likeness (QED) is 0.657. The van der Waals surface area contributed by atoms with Crippen LogP contribution in [0.25, 0.3) is 0 Å². The SMILES string of the molecule is CC(C)N1CCC(N)C1c1cccc([N+](=O)[O-])c1. The Bertz CT molecular complexity index is 448. The number of likely N-dealkylation sites (tertiary alicyclic amines) is 1. The molecule has 5 nitrogen and oxygen atoms in total. The molecule has 98 valence electrons. The summed E-state index contributed by atoms with van der Waals surface area (Å²) < 4.78 is 0. The molecule has 1 aliphatic rings. The van der Waals surface area contributed by atoms with Gasteiger partial charge in [0.25, 0.3) is 5.69 Å². The molecule has 2 N–H and O–H groups in total. The molecule has 0 saturated carbocycles. The minimum atomic E-state index is -0.357. The standard InChI is InChI=1S/C13H19N3O2/c1-9(2)15-7-6-12(14)13(15)10-4-3-5-11(8-10)16(17)18/h3-5,8-9,12-13H,6-7,14H2,1-2H3. The van der Waals surface area contributed by atoms with E-state index in [0.717, 1.165) is 18.5 Å². The Morgan fingerprint density at radius 2 is 2.22 bits per heavy atom. The number of nitrogens with two attached hydrogens (primary N) is 1. The van der Waals surface area contributed by atoms with Gasteiger partial charge in [0.2, 0.25) is 0 Å². The van der Waals surface area contributed by atoms with Crippen molar-refractivity contribution in [3.8, 4) is 0 Å². The van der Waals surface area contributed by atoms with E-state index in [1.54, 1.807) is 12.1 Å². The maximum absolute atomic E-state index is 10.8. The highest BCUT2D eigenvalue weighted by molar-refractivity contribution is 5.37. The van der Waals surface area contributed by atoms with Crippen molar-refractivity contribution in [1.82, 2.24) is 4.90 Å². The summed E-state index contributed by atoms with van der Waals surface area (Å²) in [5.74, 6) is 0. The van der Waals surface area contributed by atoms with Crippen LogP contribution in [0.4, 0.5) is 5.69 Å². The number of rotatable bonds is 3. The Morgan fingerprint density at radius 1 is 1.50 bits per heavy atom. The first-order valence-electron chi connectivity index (χ1n) is 6.26. The molecule has 2 unspecified atom stereocenters. The van der Waals surface area contributed by atoms with Crippen LogP contribution in [0, 0.1) is 10.1 Å². The second-order valence-electron chi connectivity index (χ2n) is 5.08. The number of non-ortho nitro benzene ring substituents is 1. The van der Waals surface area contributed by atoms with Gasteiger partial charge in [-0.25, -0.2) is 0 Å². The Morgan fingerprint density at radius 3 is 2.83 bits per heavy atom. The number of nitro groups is 1. The Balaban J connectivity index is 2.34. The average Bonchev–Trinajstić information content (AvgIpc) is 2.71. The zero-order valence-corrected chi connectivity index (χ0v) is 10.7. The van der Waals surface area contributed by atoms with Crippen LogP contribution < -0.4 is 5.73 Å². The van der Waals surface area contributed by atoms with Gasteiger partial charge in [-0.15, -0.1) is 0 Å². The normalized spacial score (nSPS) is 24.7. The Hall–Kier alpha value is -1.46. The first kappa shape index (κ1) is 13.0. The lowest BCUT2D eigenvalue weighted by molar-refractivity contribution is -0.385. The van der Waals surface area contributed by atoms with E-state index in [4.69, 9.17) is 5.73 Å². The maximum atomic E-state index is 10.8. The lowest BCUT2D eigenvalue weighted by atomic mass is 9.99. The third-order valence-electron chi connectivity index (χ3n) is 3.57. The molecular weight excluding hydrogens is 230 g/mol. The summed E-state index contributed by atoms with van der Waals surface area (Å²) in [7, 11) is 0. The zero-order valence-electron chi connectivity index (χ0n) is 10.7. The number of hydrogen-bond acceptors (Lipinski definition) is 4. The van der Waals surface area contributed by atoms with Crippen LogP contribution in [0.15, 0.2) is 24.3 Å². The van der Waals surface area contributed by atoms with E-state index < -0.39 is 0 Å². The lowest BCUT2D eigenvalue weighted by Gasteiger charge is -2.30. The van der Waals surface area contributed by atoms with Gasteiger partial charge < -0.3 is 5.73 Å². The van der Waals surface area contributed by atoms with Gasteiger partial charge in [0.05, 0.1) is 11.0 Å². The third kappa shape index (κ3) is 2.37. The molecule has 1 saturated heterocycles. The minimum absolute atomic E-state index is 0.0504. The summed E-state index contributed by atoms with van der Waals surface area (Å²) in [4.78, 5) is 12.8. The van der Waals surface area contributed by atoms with Crippen molar-refractivity contribution < 1.29 is 4.92 Å². The molecule has 0 amide bonds. The highest BCUT2D eigenvalue weighted by atomic mass is 16.6. The van der Waals surface area contributed by atoms with Crippen LogP contribution in [0.5, 0.6) is 0 Å². The number of benzene rings is 1. The van der Waals surface area contributed by atoms with Gasteiger partial charge >= 0.3 is 0 Å². The number of hydrogen-bond donors (Lipinski definition) is 1. The fraction of sp³-hybridized carbons (Fsp3) is 0.538. The Labute approximate surface area is 107 Å². The summed E-state index contributed by atoms with van der Waals surface area (Å²) in [5, 5.41) is 10.8. The van der Waals surface area contributed by atoms with E-state index >= 15 is 0 Å². The molecule has 0 spiro atoms. The van der Waals surface area contributed by atoms with E-state index in [9.17, 15) is 10.1 Å². The molecule has 1 aromatic carbocycles. The molecular formula is C13H19N3O2. The summed E-state index contributed by atoms with van der Waals surface area (Å²) in [6, 6.07) is 7.35. The van der Waals surface area contributed by atoms with Crippen molar-refractivity contribution in [2.24, 2.45) is 5.73 Å². The summed E-state index contributed by atoms with van der Waals surface area (Å²) >= 11 is 0. The van der Waals surface area contributed by atoms with E-state index in [-0.39, 0.29) is 22.7 Å². The second-order valence-corrected chi connectivity index (χ2v) is 5.08. The smallest absolute Gasteiger partial charge is 0.269 e. The molecule has 5 heteroatoms. The molecule has 1 fully saturated rings. The minimum Gasteiger partial charge on any atom is -0.326 e. The van der Waals surface area contributed by atoms with Crippen LogP contribution in [0.2, 0.25) is 0 Å². The van der Waals surface area contributed by atoms with E-state index in [2.05, 4.69) is 18.7 Å². The monoisotopic (exact) mass is 249 g/mol. The molecule has 2 atom stereocenters.